The number of imidazole rings is 1. The third-order valence-corrected chi connectivity index (χ3v) is 6.11. The third-order valence-electron chi connectivity index (χ3n) is 5.65. The Bertz CT molecular complexity index is 1100. The lowest BCUT2D eigenvalue weighted by molar-refractivity contribution is 0.489. The molecule has 0 unspecified atom stereocenters. The molecular formula is C21H21BrFN7. The molecule has 1 aromatic carbocycles. The first kappa shape index (κ1) is 19.0. The molecule has 9 heteroatoms. The molecule has 154 valence electrons. The number of anilines is 2. The number of nitrogens with one attached hydrogen (secondary N) is 1. The smallest absolute Gasteiger partial charge is 0.225 e. The van der Waals surface area contributed by atoms with Gasteiger partial charge in [-0.2, -0.15) is 4.98 Å². The summed E-state index contributed by atoms with van der Waals surface area (Å²) in [5.41, 5.74) is 1.31. The van der Waals surface area contributed by atoms with E-state index in [0.29, 0.717) is 16.1 Å². The van der Waals surface area contributed by atoms with Crippen LogP contribution in [0.4, 0.5) is 16.2 Å². The van der Waals surface area contributed by atoms with Crippen LogP contribution in [0.1, 0.15) is 18.5 Å². The molecule has 0 radical (unpaired) electrons. The van der Waals surface area contributed by atoms with Gasteiger partial charge >= 0.3 is 0 Å². The van der Waals surface area contributed by atoms with Crippen molar-refractivity contribution >= 4 is 27.7 Å². The van der Waals surface area contributed by atoms with Crippen molar-refractivity contribution in [3.63, 3.8) is 0 Å². The van der Waals surface area contributed by atoms with Crippen LogP contribution in [0, 0.1) is 5.82 Å². The molecule has 0 atom stereocenters. The van der Waals surface area contributed by atoms with E-state index >= 15 is 0 Å². The van der Waals surface area contributed by atoms with Crippen molar-refractivity contribution in [2.45, 2.75) is 18.4 Å². The number of hydrogen-bond donors (Lipinski definition) is 1. The van der Waals surface area contributed by atoms with Crippen molar-refractivity contribution in [1.29, 1.82) is 0 Å². The number of nitrogens with zero attached hydrogens (tertiary/aromatic N) is 6. The summed E-state index contributed by atoms with van der Waals surface area (Å²) in [4.78, 5) is 17.9. The first-order valence-corrected chi connectivity index (χ1v) is 10.5. The van der Waals surface area contributed by atoms with E-state index in [1.54, 1.807) is 12.5 Å². The van der Waals surface area contributed by atoms with Crippen LogP contribution in [-0.2, 0) is 5.54 Å². The van der Waals surface area contributed by atoms with Gasteiger partial charge in [-0.05, 0) is 37.1 Å². The van der Waals surface area contributed by atoms with E-state index in [1.165, 1.54) is 12.1 Å². The summed E-state index contributed by atoms with van der Waals surface area (Å²) in [5.74, 6) is 2.03. The number of rotatable bonds is 5. The lowest BCUT2D eigenvalue weighted by atomic mass is 10.2. The van der Waals surface area contributed by atoms with E-state index < -0.39 is 0 Å². The molecule has 0 spiro atoms. The van der Waals surface area contributed by atoms with Gasteiger partial charge in [-0.25, -0.2) is 14.4 Å². The van der Waals surface area contributed by atoms with Crippen molar-refractivity contribution in [2.75, 3.05) is 30.4 Å². The second-order valence-electron chi connectivity index (χ2n) is 7.73. The van der Waals surface area contributed by atoms with Crippen molar-refractivity contribution in [2.24, 2.45) is 0 Å². The molecule has 0 amide bonds. The van der Waals surface area contributed by atoms with E-state index in [-0.39, 0.29) is 11.4 Å². The molecule has 0 bridgehead atoms. The highest BCUT2D eigenvalue weighted by Crippen LogP contribution is 2.47. The Kier molecular flexibility index (Phi) is 4.50. The normalized spacial score (nSPS) is 17.5. The Hall–Kier alpha value is -2.94. The Morgan fingerprint density at radius 1 is 1.20 bits per heavy atom. The van der Waals surface area contributed by atoms with Gasteiger partial charge in [0, 0.05) is 37.0 Å². The maximum atomic E-state index is 13.8. The largest absolute Gasteiger partial charge is 0.360 e. The van der Waals surface area contributed by atoms with Crippen LogP contribution in [0.15, 0.2) is 59.9 Å². The lowest BCUT2D eigenvalue weighted by Gasteiger charge is -2.21. The van der Waals surface area contributed by atoms with Gasteiger partial charge in [-0.3, -0.25) is 0 Å². The van der Waals surface area contributed by atoms with Gasteiger partial charge in [-0.15, -0.1) is 0 Å². The van der Waals surface area contributed by atoms with Crippen LogP contribution in [0.5, 0.6) is 0 Å². The topological polar surface area (TPSA) is 62.1 Å². The van der Waals surface area contributed by atoms with Gasteiger partial charge < -0.3 is 19.7 Å². The van der Waals surface area contributed by atoms with Gasteiger partial charge in [0.15, 0.2) is 0 Å². The Balaban J connectivity index is 1.38. The zero-order valence-electron chi connectivity index (χ0n) is 16.5. The fraction of sp³-hybridized carbons (Fsp3) is 0.286. The number of hydrogen-bond acceptors (Lipinski definition) is 6. The zero-order valence-corrected chi connectivity index (χ0v) is 18.1. The number of likely N-dealkylation sites (N-methyl/N-ethyl adjacent to an activating group) is 1. The van der Waals surface area contributed by atoms with Gasteiger partial charge in [-0.1, -0.05) is 22.5 Å². The minimum atomic E-state index is -0.298. The minimum Gasteiger partial charge on any atom is -0.360 e. The van der Waals surface area contributed by atoms with Crippen molar-refractivity contribution in [3.05, 3.63) is 71.4 Å². The molecule has 1 saturated heterocycles. The SMILES string of the molecule is C=C1N(C)CCN1c1ccnc(NC2(c3cn(-c4cc(F)cc(Br)c4)cn3)CC2)n1. The fourth-order valence-electron chi connectivity index (χ4n) is 3.70. The third kappa shape index (κ3) is 3.43. The molecule has 5 rings (SSSR count). The Morgan fingerprint density at radius 2 is 2.03 bits per heavy atom. The second kappa shape index (κ2) is 7.09. The molecule has 30 heavy (non-hydrogen) atoms. The average Bonchev–Trinajstić information content (AvgIpc) is 3.17. The van der Waals surface area contributed by atoms with E-state index in [0.717, 1.165) is 43.3 Å². The van der Waals surface area contributed by atoms with Crippen molar-refractivity contribution in [1.82, 2.24) is 24.4 Å². The van der Waals surface area contributed by atoms with Crippen LogP contribution in [0.25, 0.3) is 5.69 Å². The number of aromatic nitrogens is 4. The van der Waals surface area contributed by atoms with Crippen molar-refractivity contribution < 1.29 is 4.39 Å². The summed E-state index contributed by atoms with van der Waals surface area (Å²) in [7, 11) is 2.02. The van der Waals surface area contributed by atoms with Gasteiger partial charge in [0.1, 0.15) is 17.5 Å². The Morgan fingerprint density at radius 3 is 2.73 bits per heavy atom. The molecule has 1 saturated carbocycles. The van der Waals surface area contributed by atoms with Crippen LogP contribution in [0.3, 0.4) is 0 Å². The van der Waals surface area contributed by atoms with Crippen LogP contribution < -0.4 is 10.2 Å². The predicted octanol–water partition coefficient (Wildman–Crippen LogP) is 3.89. The molecular weight excluding hydrogens is 449 g/mol. The molecule has 3 heterocycles. The first-order chi connectivity index (χ1) is 14.4. The van der Waals surface area contributed by atoms with Crippen molar-refractivity contribution in [3.8, 4) is 5.69 Å². The van der Waals surface area contributed by atoms with Gasteiger partial charge in [0.25, 0.3) is 0 Å². The molecule has 2 aromatic heterocycles. The molecule has 1 N–H and O–H groups in total. The molecule has 2 fully saturated rings. The van der Waals surface area contributed by atoms with E-state index in [2.05, 4.69) is 47.6 Å². The maximum Gasteiger partial charge on any atom is 0.225 e. The Labute approximate surface area is 182 Å². The van der Waals surface area contributed by atoms with Gasteiger partial charge in [0.2, 0.25) is 5.95 Å². The standard InChI is InChI=1S/C21H21BrFN7/c1-14-28(2)7-8-30(14)19-3-6-24-20(26-19)27-21(4-5-21)18-12-29(13-25-18)17-10-15(22)9-16(23)11-17/h3,6,9-13H,1,4-5,7-8H2,2H3,(H,24,26,27). The molecule has 1 aliphatic heterocycles. The molecule has 3 aromatic rings. The van der Waals surface area contributed by atoms with Crippen LogP contribution in [0.2, 0.25) is 0 Å². The summed E-state index contributed by atoms with van der Waals surface area (Å²) in [5, 5.41) is 3.47. The number of benzene rings is 1. The second-order valence-corrected chi connectivity index (χ2v) is 8.64. The monoisotopic (exact) mass is 469 g/mol. The van der Waals surface area contributed by atoms with Crippen LogP contribution in [-0.4, -0.2) is 44.6 Å². The zero-order chi connectivity index (χ0) is 20.9. The summed E-state index contributed by atoms with van der Waals surface area (Å²) in [6, 6.07) is 6.66. The van der Waals surface area contributed by atoms with Gasteiger partial charge in [0.05, 0.1) is 23.2 Å². The summed E-state index contributed by atoms with van der Waals surface area (Å²) >= 11 is 3.34. The summed E-state index contributed by atoms with van der Waals surface area (Å²) < 4.78 is 16.3. The minimum absolute atomic E-state index is 0.298. The van der Waals surface area contributed by atoms with E-state index in [1.807, 2.05) is 29.9 Å². The molecule has 1 aliphatic carbocycles. The number of halogens is 2. The first-order valence-electron chi connectivity index (χ1n) is 9.73. The van der Waals surface area contributed by atoms with E-state index in [9.17, 15) is 4.39 Å². The average molecular weight is 470 g/mol. The quantitative estimate of drug-likeness (QED) is 0.611. The highest BCUT2D eigenvalue weighted by molar-refractivity contribution is 9.10. The summed E-state index contributed by atoms with van der Waals surface area (Å²) in [6.07, 6.45) is 7.27. The lowest BCUT2D eigenvalue weighted by Crippen LogP contribution is -2.23. The highest BCUT2D eigenvalue weighted by Gasteiger charge is 2.47. The molecule has 7 nitrogen and oxygen atoms in total. The van der Waals surface area contributed by atoms with Crippen LogP contribution >= 0.6 is 15.9 Å². The maximum absolute atomic E-state index is 13.8. The predicted molar refractivity (Wildman–Crippen MR) is 117 cm³/mol. The highest BCUT2D eigenvalue weighted by atomic mass is 79.9. The fourth-order valence-corrected chi connectivity index (χ4v) is 4.16. The molecule has 2 aliphatic rings. The van der Waals surface area contributed by atoms with E-state index in [4.69, 9.17) is 4.98 Å². The summed E-state index contributed by atoms with van der Waals surface area (Å²) in [6.45, 7) is 5.90.